The van der Waals surface area contributed by atoms with Crippen LogP contribution in [0.4, 0.5) is 23.0 Å². The van der Waals surface area contributed by atoms with E-state index in [1.54, 1.807) is 6.20 Å². The Morgan fingerprint density at radius 2 is 1.86 bits per heavy atom. The van der Waals surface area contributed by atoms with E-state index in [1.807, 2.05) is 22.8 Å². The largest absolute Gasteiger partial charge is 0.385 e. The highest BCUT2D eigenvalue weighted by molar-refractivity contribution is 5.72. The fourth-order valence-corrected chi connectivity index (χ4v) is 4.89. The molecule has 35 heavy (non-hydrogen) atoms. The average Bonchev–Trinajstić information content (AvgIpc) is 3.42. The van der Waals surface area contributed by atoms with E-state index in [1.165, 1.54) is 36.9 Å². The molecule has 3 aromatic heterocycles. The van der Waals surface area contributed by atoms with E-state index in [0.717, 1.165) is 73.5 Å². The summed E-state index contributed by atoms with van der Waals surface area (Å²) in [5.41, 5.74) is 6.54. The monoisotopic (exact) mass is 469 g/mol. The highest BCUT2D eigenvalue weighted by Crippen LogP contribution is 2.30. The standard InChI is InChI=1S/C27H31N7O/c1-2-4-11-28-23-17-21(7-6-20(23)5-3-1)24-18-27(34-26(31-24)10-12-30-34)32-25-9-8-22(19-29-25)33-13-15-35-16-14-33/h6-10,12,17-19,28H,1-5,11,13-16H2,(H,29,32). The van der Waals surface area contributed by atoms with Crippen LogP contribution in [0.5, 0.6) is 0 Å². The number of hydrogen-bond acceptors (Lipinski definition) is 7. The van der Waals surface area contributed by atoms with Crippen LogP contribution in [0.2, 0.25) is 0 Å². The van der Waals surface area contributed by atoms with Crippen molar-refractivity contribution in [2.45, 2.75) is 32.1 Å². The van der Waals surface area contributed by atoms with E-state index in [4.69, 9.17) is 9.72 Å². The summed E-state index contributed by atoms with van der Waals surface area (Å²) in [5.74, 6) is 1.60. The molecule has 1 saturated heterocycles. The maximum atomic E-state index is 5.46. The zero-order valence-corrected chi connectivity index (χ0v) is 19.9. The van der Waals surface area contributed by atoms with E-state index < -0.39 is 0 Å². The van der Waals surface area contributed by atoms with Crippen molar-refractivity contribution in [3.8, 4) is 11.3 Å². The quantitative estimate of drug-likeness (QED) is 0.440. The molecule has 180 valence electrons. The fourth-order valence-electron chi connectivity index (χ4n) is 4.89. The molecule has 4 aromatic rings. The lowest BCUT2D eigenvalue weighted by Crippen LogP contribution is -2.36. The van der Waals surface area contributed by atoms with E-state index in [2.05, 4.69) is 55.9 Å². The Morgan fingerprint density at radius 1 is 0.943 bits per heavy atom. The first-order chi connectivity index (χ1) is 17.3. The van der Waals surface area contributed by atoms with Crippen molar-refractivity contribution in [3.63, 3.8) is 0 Å². The van der Waals surface area contributed by atoms with E-state index in [0.29, 0.717) is 0 Å². The maximum Gasteiger partial charge on any atom is 0.157 e. The molecular formula is C27H31N7O. The van der Waals surface area contributed by atoms with Crippen LogP contribution < -0.4 is 15.5 Å². The molecule has 0 bridgehead atoms. The van der Waals surface area contributed by atoms with Crippen LogP contribution in [0.1, 0.15) is 31.2 Å². The number of pyridine rings is 1. The van der Waals surface area contributed by atoms with Crippen LogP contribution in [-0.2, 0) is 11.2 Å². The average molecular weight is 470 g/mol. The third kappa shape index (κ3) is 4.79. The fraction of sp³-hybridized carbons (Fsp3) is 0.370. The minimum Gasteiger partial charge on any atom is -0.385 e. The van der Waals surface area contributed by atoms with Gasteiger partial charge in [-0.25, -0.2) is 9.97 Å². The van der Waals surface area contributed by atoms with E-state index in [9.17, 15) is 0 Å². The lowest BCUT2D eigenvalue weighted by Gasteiger charge is -2.28. The summed E-state index contributed by atoms with van der Waals surface area (Å²) in [7, 11) is 0. The van der Waals surface area contributed by atoms with Gasteiger partial charge in [0.25, 0.3) is 0 Å². The van der Waals surface area contributed by atoms with Crippen molar-refractivity contribution in [3.05, 3.63) is 60.4 Å². The Balaban J connectivity index is 1.29. The summed E-state index contributed by atoms with van der Waals surface area (Å²) >= 11 is 0. The molecule has 0 atom stereocenters. The molecule has 0 radical (unpaired) electrons. The lowest BCUT2D eigenvalue weighted by molar-refractivity contribution is 0.122. The Kier molecular flexibility index (Phi) is 6.19. The van der Waals surface area contributed by atoms with E-state index >= 15 is 0 Å². The predicted octanol–water partition coefficient (Wildman–Crippen LogP) is 4.90. The third-order valence-electron chi connectivity index (χ3n) is 6.83. The molecule has 1 fully saturated rings. The zero-order chi connectivity index (χ0) is 23.5. The molecule has 0 aliphatic carbocycles. The molecule has 5 heterocycles. The lowest BCUT2D eigenvalue weighted by atomic mass is 10.0. The van der Waals surface area contributed by atoms with Gasteiger partial charge < -0.3 is 20.3 Å². The van der Waals surface area contributed by atoms with Crippen molar-refractivity contribution >= 4 is 28.7 Å². The first-order valence-corrected chi connectivity index (χ1v) is 12.6. The van der Waals surface area contributed by atoms with Crippen LogP contribution in [0.25, 0.3) is 16.9 Å². The van der Waals surface area contributed by atoms with Crippen LogP contribution in [-0.4, -0.2) is 52.4 Å². The number of nitrogens with zero attached hydrogens (tertiary/aromatic N) is 5. The normalized spacial score (nSPS) is 16.6. The summed E-state index contributed by atoms with van der Waals surface area (Å²) in [5, 5.41) is 11.6. The molecule has 0 spiro atoms. The number of aromatic nitrogens is 4. The van der Waals surface area contributed by atoms with Crippen LogP contribution >= 0.6 is 0 Å². The molecule has 2 aliphatic rings. The van der Waals surface area contributed by atoms with Gasteiger partial charge in [0.05, 0.1) is 37.0 Å². The summed E-state index contributed by atoms with van der Waals surface area (Å²) in [4.78, 5) is 11.8. The maximum absolute atomic E-state index is 5.46. The molecule has 8 nitrogen and oxygen atoms in total. The molecule has 2 aliphatic heterocycles. The second-order valence-corrected chi connectivity index (χ2v) is 9.22. The number of ether oxygens (including phenoxy) is 1. The van der Waals surface area contributed by atoms with E-state index in [-0.39, 0.29) is 0 Å². The first-order valence-electron chi connectivity index (χ1n) is 12.6. The second kappa shape index (κ2) is 9.92. The smallest absolute Gasteiger partial charge is 0.157 e. The van der Waals surface area contributed by atoms with Gasteiger partial charge in [0.1, 0.15) is 11.6 Å². The number of fused-ring (bicyclic) bond motifs is 2. The Bertz CT molecular complexity index is 1290. The third-order valence-corrected chi connectivity index (χ3v) is 6.83. The number of morpholine rings is 1. The number of benzene rings is 1. The Hall–Kier alpha value is -3.65. The minimum absolute atomic E-state index is 0.759. The number of rotatable bonds is 4. The van der Waals surface area contributed by atoms with Gasteiger partial charge in [-0.3, -0.25) is 0 Å². The van der Waals surface area contributed by atoms with Crippen LogP contribution in [0.15, 0.2) is 54.9 Å². The summed E-state index contributed by atoms with van der Waals surface area (Å²) in [6.45, 7) is 4.33. The van der Waals surface area contributed by atoms with Gasteiger partial charge in [-0.15, -0.1) is 0 Å². The van der Waals surface area contributed by atoms with Crippen molar-refractivity contribution in [1.82, 2.24) is 19.6 Å². The van der Waals surface area contributed by atoms with Gasteiger partial charge in [0, 0.05) is 43.0 Å². The highest BCUT2D eigenvalue weighted by Gasteiger charge is 2.14. The summed E-state index contributed by atoms with van der Waals surface area (Å²) < 4.78 is 7.28. The van der Waals surface area contributed by atoms with Gasteiger partial charge in [0.2, 0.25) is 0 Å². The molecule has 6 rings (SSSR count). The number of aryl methyl sites for hydroxylation is 1. The predicted molar refractivity (Wildman–Crippen MR) is 140 cm³/mol. The topological polar surface area (TPSA) is 79.6 Å². The van der Waals surface area contributed by atoms with Crippen molar-refractivity contribution in [1.29, 1.82) is 0 Å². The molecule has 0 amide bonds. The van der Waals surface area contributed by atoms with Crippen molar-refractivity contribution in [2.75, 3.05) is 48.4 Å². The summed E-state index contributed by atoms with van der Waals surface area (Å²) in [6, 6.07) is 14.8. The molecule has 0 unspecified atom stereocenters. The SMILES string of the molecule is c1cc2nc(-c3ccc4c(c3)NCCCCCC4)cc(Nc3ccc(N4CCOCC4)cn3)n2n1. The molecule has 1 aromatic carbocycles. The van der Waals surface area contributed by atoms with Gasteiger partial charge >= 0.3 is 0 Å². The second-order valence-electron chi connectivity index (χ2n) is 9.22. The van der Waals surface area contributed by atoms with Gasteiger partial charge in [-0.2, -0.15) is 9.61 Å². The zero-order valence-electron chi connectivity index (χ0n) is 19.9. The van der Waals surface area contributed by atoms with Gasteiger partial charge in [-0.1, -0.05) is 25.0 Å². The van der Waals surface area contributed by atoms with Crippen molar-refractivity contribution in [2.24, 2.45) is 0 Å². The molecular weight excluding hydrogens is 438 g/mol. The number of anilines is 4. The first kappa shape index (κ1) is 21.9. The summed E-state index contributed by atoms with van der Waals surface area (Å²) in [6.07, 6.45) is 9.88. The molecule has 8 heteroatoms. The van der Waals surface area contributed by atoms with Crippen LogP contribution in [0.3, 0.4) is 0 Å². The van der Waals surface area contributed by atoms with Gasteiger partial charge in [0.15, 0.2) is 5.65 Å². The highest BCUT2D eigenvalue weighted by atomic mass is 16.5. The number of nitrogens with one attached hydrogen (secondary N) is 2. The van der Waals surface area contributed by atoms with Crippen LogP contribution in [0, 0.1) is 0 Å². The Labute approximate surface area is 205 Å². The van der Waals surface area contributed by atoms with Gasteiger partial charge in [-0.05, 0) is 43.0 Å². The van der Waals surface area contributed by atoms with Crippen molar-refractivity contribution < 1.29 is 4.74 Å². The minimum atomic E-state index is 0.759. The molecule has 2 N–H and O–H groups in total. The number of hydrogen-bond donors (Lipinski definition) is 2. The molecule has 0 saturated carbocycles. The Morgan fingerprint density at radius 3 is 2.74 bits per heavy atom.